The number of nitrogens with one attached hydrogen (secondary N) is 1. The Morgan fingerprint density at radius 1 is 1.60 bits per heavy atom. The first-order chi connectivity index (χ1) is 7.06. The Bertz CT molecular complexity index is 292. The molecule has 0 saturated carbocycles. The molecule has 0 aromatic carbocycles. The highest BCUT2D eigenvalue weighted by molar-refractivity contribution is 5.93. The fourth-order valence-corrected chi connectivity index (χ4v) is 0.886. The molecule has 0 fully saturated rings. The van der Waals surface area contributed by atoms with Crippen LogP contribution in [-0.4, -0.2) is 25.9 Å². The molecule has 0 aromatic rings. The van der Waals surface area contributed by atoms with Crippen molar-refractivity contribution >= 4 is 5.97 Å². The maximum atomic E-state index is 11.4. The second-order valence-corrected chi connectivity index (χ2v) is 2.79. The van der Waals surface area contributed by atoms with E-state index in [4.69, 9.17) is 14.7 Å². The van der Waals surface area contributed by atoms with Gasteiger partial charge in [0.2, 0.25) is 6.29 Å². The molecule has 0 amide bonds. The first-order valence-corrected chi connectivity index (χ1v) is 4.68. The third kappa shape index (κ3) is 4.47. The summed E-state index contributed by atoms with van der Waals surface area (Å²) in [4.78, 5) is 11.4. The standard InChI is InChI=1S/C10H16N2O3/c1-5-14-8(3)15-10(13)9(6-11)7(2)12-4/h8,12H,5H2,1-4H3. The number of carbonyl (C=O) groups excluding carboxylic acids is 1. The van der Waals surface area contributed by atoms with E-state index in [0.717, 1.165) is 0 Å². The van der Waals surface area contributed by atoms with Crippen LogP contribution >= 0.6 is 0 Å². The van der Waals surface area contributed by atoms with E-state index < -0.39 is 12.3 Å². The molecule has 0 aliphatic carbocycles. The molecule has 0 rings (SSSR count). The normalized spacial score (nSPS) is 13.5. The minimum absolute atomic E-state index is 0.0379. The highest BCUT2D eigenvalue weighted by Crippen LogP contribution is 2.05. The molecule has 1 N–H and O–H groups in total. The fourth-order valence-electron chi connectivity index (χ4n) is 0.886. The van der Waals surface area contributed by atoms with Crippen LogP contribution < -0.4 is 5.32 Å². The predicted octanol–water partition coefficient (Wildman–Crippen LogP) is 0.929. The maximum absolute atomic E-state index is 11.4. The molecule has 0 aliphatic rings. The van der Waals surface area contributed by atoms with Gasteiger partial charge in [-0.05, 0) is 20.8 Å². The summed E-state index contributed by atoms with van der Waals surface area (Å²) in [6, 6.07) is 1.79. The van der Waals surface area contributed by atoms with Crippen LogP contribution in [0.2, 0.25) is 0 Å². The van der Waals surface area contributed by atoms with Crippen molar-refractivity contribution in [2.75, 3.05) is 13.7 Å². The summed E-state index contributed by atoms with van der Waals surface area (Å²) < 4.78 is 9.91. The number of carbonyl (C=O) groups is 1. The second kappa shape index (κ2) is 6.85. The number of ether oxygens (including phenoxy) is 2. The van der Waals surface area contributed by atoms with Crippen molar-refractivity contribution in [1.29, 1.82) is 5.26 Å². The first-order valence-electron chi connectivity index (χ1n) is 4.68. The lowest BCUT2D eigenvalue weighted by Crippen LogP contribution is -2.21. The molecule has 5 nitrogen and oxygen atoms in total. The van der Waals surface area contributed by atoms with Crippen molar-refractivity contribution in [3.05, 3.63) is 11.3 Å². The number of rotatable bonds is 5. The molecule has 0 aromatic heterocycles. The quantitative estimate of drug-likeness (QED) is 0.317. The van der Waals surface area contributed by atoms with Gasteiger partial charge in [0.15, 0.2) is 5.57 Å². The van der Waals surface area contributed by atoms with Gasteiger partial charge in [-0.25, -0.2) is 4.79 Å². The third-order valence-electron chi connectivity index (χ3n) is 1.74. The molecule has 0 aliphatic heterocycles. The van der Waals surface area contributed by atoms with E-state index in [0.29, 0.717) is 12.3 Å². The van der Waals surface area contributed by atoms with E-state index in [9.17, 15) is 4.79 Å². The van der Waals surface area contributed by atoms with Gasteiger partial charge in [-0.15, -0.1) is 0 Å². The summed E-state index contributed by atoms with van der Waals surface area (Å²) in [5.74, 6) is -0.676. The summed E-state index contributed by atoms with van der Waals surface area (Å²) in [6.45, 7) is 5.48. The largest absolute Gasteiger partial charge is 0.432 e. The zero-order chi connectivity index (χ0) is 11.8. The highest BCUT2D eigenvalue weighted by Gasteiger charge is 2.16. The first kappa shape index (κ1) is 13.5. The van der Waals surface area contributed by atoms with E-state index in [1.54, 1.807) is 33.9 Å². The molecule has 0 saturated heterocycles. The predicted molar refractivity (Wildman–Crippen MR) is 54.6 cm³/mol. The van der Waals surface area contributed by atoms with Crippen molar-refractivity contribution in [1.82, 2.24) is 5.32 Å². The molecule has 84 valence electrons. The van der Waals surface area contributed by atoms with Crippen LogP contribution in [0.5, 0.6) is 0 Å². The zero-order valence-electron chi connectivity index (χ0n) is 9.46. The minimum atomic E-state index is -0.676. The Kier molecular flexibility index (Phi) is 6.14. The number of esters is 1. The molecule has 5 heteroatoms. The molecular formula is C10H16N2O3. The van der Waals surface area contributed by atoms with Gasteiger partial charge in [0.05, 0.1) is 0 Å². The topological polar surface area (TPSA) is 71.3 Å². The van der Waals surface area contributed by atoms with E-state index in [-0.39, 0.29) is 5.57 Å². The van der Waals surface area contributed by atoms with Crippen LogP contribution in [0.15, 0.2) is 11.3 Å². The number of nitrogens with zero attached hydrogens (tertiary/aromatic N) is 1. The SMILES string of the molecule is CCOC(C)OC(=O)C(C#N)=C(C)NC. The lowest BCUT2D eigenvalue weighted by Gasteiger charge is -2.13. The molecule has 15 heavy (non-hydrogen) atoms. The maximum Gasteiger partial charge on any atom is 0.352 e. The summed E-state index contributed by atoms with van der Waals surface area (Å²) >= 11 is 0. The summed E-state index contributed by atoms with van der Waals surface area (Å²) in [5, 5.41) is 11.5. The second-order valence-electron chi connectivity index (χ2n) is 2.79. The average Bonchev–Trinajstić information content (AvgIpc) is 2.18. The van der Waals surface area contributed by atoms with Gasteiger partial charge in [-0.1, -0.05) is 0 Å². The van der Waals surface area contributed by atoms with E-state index in [1.807, 2.05) is 0 Å². The lowest BCUT2D eigenvalue weighted by atomic mass is 10.2. The van der Waals surface area contributed by atoms with Crippen LogP contribution in [0.25, 0.3) is 0 Å². The van der Waals surface area contributed by atoms with E-state index in [2.05, 4.69) is 5.32 Å². The Labute approximate surface area is 89.7 Å². The van der Waals surface area contributed by atoms with Crippen molar-refractivity contribution in [3.63, 3.8) is 0 Å². The minimum Gasteiger partial charge on any atom is -0.432 e. The van der Waals surface area contributed by atoms with E-state index >= 15 is 0 Å². The van der Waals surface area contributed by atoms with Gasteiger partial charge in [0, 0.05) is 19.4 Å². The monoisotopic (exact) mass is 212 g/mol. The van der Waals surface area contributed by atoms with Crippen molar-refractivity contribution in [2.24, 2.45) is 0 Å². The van der Waals surface area contributed by atoms with Crippen LogP contribution in [0.1, 0.15) is 20.8 Å². The number of allylic oxidation sites excluding steroid dienone is 1. The zero-order valence-corrected chi connectivity index (χ0v) is 9.46. The van der Waals surface area contributed by atoms with Crippen LogP contribution in [0.4, 0.5) is 0 Å². The highest BCUT2D eigenvalue weighted by atomic mass is 16.7. The Morgan fingerprint density at radius 3 is 2.60 bits per heavy atom. The summed E-state index contributed by atoms with van der Waals surface area (Å²) in [5.41, 5.74) is 0.440. The van der Waals surface area contributed by atoms with Gasteiger partial charge < -0.3 is 14.8 Å². The molecule has 0 heterocycles. The number of hydrogen-bond donors (Lipinski definition) is 1. The van der Waals surface area contributed by atoms with E-state index in [1.165, 1.54) is 0 Å². The fraction of sp³-hybridized carbons (Fsp3) is 0.600. The number of nitriles is 1. The smallest absolute Gasteiger partial charge is 0.352 e. The lowest BCUT2D eigenvalue weighted by molar-refractivity contribution is -0.168. The number of hydrogen-bond acceptors (Lipinski definition) is 5. The summed E-state index contributed by atoms with van der Waals surface area (Å²) in [6.07, 6.45) is -0.643. The molecule has 0 spiro atoms. The molecule has 0 radical (unpaired) electrons. The van der Waals surface area contributed by atoms with Gasteiger partial charge in [0.25, 0.3) is 0 Å². The Balaban J connectivity index is 4.51. The van der Waals surface area contributed by atoms with Crippen molar-refractivity contribution < 1.29 is 14.3 Å². The van der Waals surface area contributed by atoms with Crippen molar-refractivity contribution in [3.8, 4) is 6.07 Å². The average molecular weight is 212 g/mol. The van der Waals surface area contributed by atoms with Crippen LogP contribution in [0.3, 0.4) is 0 Å². The molecule has 1 unspecified atom stereocenters. The van der Waals surface area contributed by atoms with Gasteiger partial charge in [-0.2, -0.15) is 5.26 Å². The van der Waals surface area contributed by atoms with Gasteiger partial charge >= 0.3 is 5.97 Å². The van der Waals surface area contributed by atoms with Gasteiger partial charge in [-0.3, -0.25) is 0 Å². The Hall–Kier alpha value is -1.54. The molecule has 1 atom stereocenters. The Morgan fingerprint density at radius 2 is 2.20 bits per heavy atom. The van der Waals surface area contributed by atoms with Crippen molar-refractivity contribution in [2.45, 2.75) is 27.1 Å². The van der Waals surface area contributed by atoms with Crippen LogP contribution in [-0.2, 0) is 14.3 Å². The summed E-state index contributed by atoms with van der Waals surface area (Å²) in [7, 11) is 1.63. The van der Waals surface area contributed by atoms with Crippen LogP contribution in [0, 0.1) is 11.3 Å². The van der Waals surface area contributed by atoms with Gasteiger partial charge in [0.1, 0.15) is 6.07 Å². The molecular weight excluding hydrogens is 196 g/mol. The molecule has 0 bridgehead atoms. The third-order valence-corrected chi connectivity index (χ3v) is 1.74.